The van der Waals surface area contributed by atoms with E-state index in [1.54, 1.807) is 17.5 Å². The van der Waals surface area contributed by atoms with Crippen molar-refractivity contribution in [2.75, 3.05) is 0 Å². The van der Waals surface area contributed by atoms with E-state index >= 15 is 0 Å². The van der Waals surface area contributed by atoms with Gasteiger partial charge in [0.15, 0.2) is 0 Å². The summed E-state index contributed by atoms with van der Waals surface area (Å²) in [6.45, 7) is 4.16. The number of hydrogen-bond acceptors (Lipinski definition) is 3. The number of pyridine rings is 1. The van der Waals surface area contributed by atoms with E-state index in [1.165, 1.54) is 9.75 Å². The molecule has 0 bridgehead atoms. The predicted octanol–water partition coefficient (Wildman–Crippen LogP) is 3.13. The van der Waals surface area contributed by atoms with Gasteiger partial charge in [-0.25, -0.2) is 0 Å². The Bertz CT molecular complexity index is 551. The van der Waals surface area contributed by atoms with Gasteiger partial charge in [-0.05, 0) is 44.0 Å². The number of carbonyl (C=O) groups excluding carboxylic acids is 1. The summed E-state index contributed by atoms with van der Waals surface area (Å²) in [7, 11) is 0. The maximum absolute atomic E-state index is 11.9. The third-order valence-electron chi connectivity index (χ3n) is 3.07. The first-order valence-corrected chi connectivity index (χ1v) is 7.68. The molecular formula is C16H20N2OS. The van der Waals surface area contributed by atoms with E-state index in [2.05, 4.69) is 36.3 Å². The van der Waals surface area contributed by atoms with Crippen molar-refractivity contribution in [3.63, 3.8) is 0 Å². The van der Waals surface area contributed by atoms with Gasteiger partial charge < -0.3 is 5.32 Å². The van der Waals surface area contributed by atoms with E-state index in [4.69, 9.17) is 0 Å². The van der Waals surface area contributed by atoms with Gasteiger partial charge in [-0.1, -0.05) is 6.07 Å². The van der Waals surface area contributed by atoms with Crippen LogP contribution in [-0.4, -0.2) is 16.9 Å². The minimum Gasteiger partial charge on any atom is -0.353 e. The summed E-state index contributed by atoms with van der Waals surface area (Å²) in [6, 6.07) is 8.33. The Hall–Kier alpha value is -1.68. The average Bonchev–Trinajstić information content (AvgIpc) is 2.83. The van der Waals surface area contributed by atoms with Crippen molar-refractivity contribution in [1.29, 1.82) is 0 Å². The smallest absolute Gasteiger partial charge is 0.220 e. The quantitative estimate of drug-likeness (QED) is 0.887. The summed E-state index contributed by atoms with van der Waals surface area (Å²) >= 11 is 1.79. The van der Waals surface area contributed by atoms with Crippen LogP contribution in [0.5, 0.6) is 0 Å². The topological polar surface area (TPSA) is 42.0 Å². The van der Waals surface area contributed by atoms with Crippen molar-refractivity contribution in [3.05, 3.63) is 52.0 Å². The first-order chi connectivity index (χ1) is 9.63. The van der Waals surface area contributed by atoms with Crippen LogP contribution in [0, 0.1) is 6.92 Å². The lowest BCUT2D eigenvalue weighted by Crippen LogP contribution is -2.34. The maximum atomic E-state index is 11.9. The molecule has 0 aromatic carbocycles. The van der Waals surface area contributed by atoms with E-state index < -0.39 is 0 Å². The fraction of sp³-hybridized carbons (Fsp3) is 0.375. The zero-order valence-corrected chi connectivity index (χ0v) is 12.7. The molecule has 0 aliphatic heterocycles. The van der Waals surface area contributed by atoms with Gasteiger partial charge in [-0.2, -0.15) is 0 Å². The molecule has 0 aliphatic rings. The monoisotopic (exact) mass is 288 g/mol. The van der Waals surface area contributed by atoms with Crippen molar-refractivity contribution in [3.8, 4) is 0 Å². The number of aryl methyl sites for hydroxylation is 2. The third kappa shape index (κ3) is 4.78. The number of hydrogen-bond donors (Lipinski definition) is 1. The molecule has 0 saturated heterocycles. The standard InChI is InChI=1S/C16H20N2OS/c1-12(10-15-7-5-13(2)20-15)18-16(19)8-6-14-4-3-9-17-11-14/h3-5,7,9,11-12H,6,8,10H2,1-2H3,(H,18,19). The van der Waals surface area contributed by atoms with E-state index in [0.717, 1.165) is 18.4 Å². The normalized spacial score (nSPS) is 12.1. The van der Waals surface area contributed by atoms with Crippen LogP contribution in [0.4, 0.5) is 0 Å². The number of carbonyl (C=O) groups is 1. The Morgan fingerprint density at radius 3 is 2.90 bits per heavy atom. The van der Waals surface area contributed by atoms with Gasteiger partial charge in [0.05, 0.1) is 0 Å². The van der Waals surface area contributed by atoms with Crippen molar-refractivity contribution < 1.29 is 4.79 Å². The second-order valence-corrected chi connectivity index (χ2v) is 6.42. The second-order valence-electron chi connectivity index (χ2n) is 5.05. The lowest BCUT2D eigenvalue weighted by Gasteiger charge is -2.12. The summed E-state index contributed by atoms with van der Waals surface area (Å²) in [5, 5.41) is 3.06. The molecule has 4 heteroatoms. The third-order valence-corrected chi connectivity index (χ3v) is 4.10. The Morgan fingerprint density at radius 2 is 2.25 bits per heavy atom. The Morgan fingerprint density at radius 1 is 1.40 bits per heavy atom. The molecule has 0 aliphatic carbocycles. The van der Waals surface area contributed by atoms with Crippen LogP contribution >= 0.6 is 11.3 Å². The second kappa shape index (κ2) is 7.20. The molecule has 1 amide bonds. The van der Waals surface area contributed by atoms with Crippen molar-refractivity contribution >= 4 is 17.2 Å². The van der Waals surface area contributed by atoms with Crippen molar-refractivity contribution in [2.45, 2.75) is 39.2 Å². The molecule has 1 atom stereocenters. The summed E-state index contributed by atoms with van der Waals surface area (Å²) in [6.07, 6.45) is 5.71. The molecule has 1 unspecified atom stereocenters. The Labute approximate surface area is 124 Å². The highest BCUT2D eigenvalue weighted by Crippen LogP contribution is 2.16. The molecule has 0 fully saturated rings. The molecule has 2 aromatic rings. The largest absolute Gasteiger partial charge is 0.353 e. The molecule has 2 heterocycles. The van der Waals surface area contributed by atoms with Crippen molar-refractivity contribution in [1.82, 2.24) is 10.3 Å². The highest BCUT2D eigenvalue weighted by Gasteiger charge is 2.09. The average molecular weight is 288 g/mol. The molecule has 0 spiro atoms. The van der Waals surface area contributed by atoms with E-state index in [1.807, 2.05) is 18.3 Å². The van der Waals surface area contributed by atoms with Crippen LogP contribution in [0.15, 0.2) is 36.7 Å². The number of thiophene rings is 1. The molecule has 0 saturated carbocycles. The number of nitrogens with one attached hydrogen (secondary N) is 1. The first-order valence-electron chi connectivity index (χ1n) is 6.87. The molecule has 2 aromatic heterocycles. The van der Waals surface area contributed by atoms with Crippen LogP contribution in [0.2, 0.25) is 0 Å². The fourth-order valence-electron chi connectivity index (χ4n) is 2.10. The number of rotatable bonds is 6. The molecule has 0 radical (unpaired) electrons. The zero-order chi connectivity index (χ0) is 14.4. The van der Waals surface area contributed by atoms with Crippen LogP contribution in [0.1, 0.15) is 28.7 Å². The molecule has 1 N–H and O–H groups in total. The molecule has 3 nitrogen and oxygen atoms in total. The van der Waals surface area contributed by atoms with Gasteiger partial charge in [-0.15, -0.1) is 11.3 Å². The van der Waals surface area contributed by atoms with Crippen LogP contribution in [-0.2, 0) is 17.6 Å². The summed E-state index contributed by atoms with van der Waals surface area (Å²) in [5.74, 6) is 0.106. The minimum absolute atomic E-state index is 0.106. The zero-order valence-electron chi connectivity index (χ0n) is 11.9. The fourth-order valence-corrected chi connectivity index (χ4v) is 3.12. The molecule has 106 valence electrons. The Balaban J connectivity index is 1.73. The predicted molar refractivity (Wildman–Crippen MR) is 82.9 cm³/mol. The van der Waals surface area contributed by atoms with Gasteiger partial charge in [0.1, 0.15) is 0 Å². The molecule has 2 rings (SSSR count). The van der Waals surface area contributed by atoms with Gasteiger partial charge >= 0.3 is 0 Å². The highest BCUT2D eigenvalue weighted by atomic mass is 32.1. The van der Waals surface area contributed by atoms with Gasteiger partial charge in [0.2, 0.25) is 5.91 Å². The highest BCUT2D eigenvalue weighted by molar-refractivity contribution is 7.11. The van der Waals surface area contributed by atoms with Gasteiger partial charge in [-0.3, -0.25) is 9.78 Å². The minimum atomic E-state index is 0.106. The lowest BCUT2D eigenvalue weighted by molar-refractivity contribution is -0.121. The van der Waals surface area contributed by atoms with Gasteiger partial charge in [0.25, 0.3) is 0 Å². The van der Waals surface area contributed by atoms with E-state index in [-0.39, 0.29) is 11.9 Å². The number of amides is 1. The van der Waals surface area contributed by atoms with Crippen molar-refractivity contribution in [2.24, 2.45) is 0 Å². The molecule has 20 heavy (non-hydrogen) atoms. The van der Waals surface area contributed by atoms with Crippen LogP contribution < -0.4 is 5.32 Å². The lowest BCUT2D eigenvalue weighted by atomic mass is 10.1. The summed E-state index contributed by atoms with van der Waals surface area (Å²) < 4.78 is 0. The van der Waals surface area contributed by atoms with Crippen LogP contribution in [0.25, 0.3) is 0 Å². The summed E-state index contributed by atoms with van der Waals surface area (Å²) in [5.41, 5.74) is 1.10. The SMILES string of the molecule is Cc1ccc(CC(C)NC(=O)CCc2cccnc2)s1. The maximum Gasteiger partial charge on any atom is 0.220 e. The summed E-state index contributed by atoms with van der Waals surface area (Å²) in [4.78, 5) is 18.6. The van der Waals surface area contributed by atoms with Gasteiger partial charge in [0, 0.05) is 41.0 Å². The van der Waals surface area contributed by atoms with E-state index in [9.17, 15) is 4.79 Å². The number of nitrogens with zero attached hydrogens (tertiary/aromatic N) is 1. The van der Waals surface area contributed by atoms with E-state index in [0.29, 0.717) is 6.42 Å². The first kappa shape index (κ1) is 14.7. The molecular weight excluding hydrogens is 268 g/mol. The Kier molecular flexibility index (Phi) is 5.30. The number of aromatic nitrogens is 1. The van der Waals surface area contributed by atoms with Crippen LogP contribution in [0.3, 0.4) is 0 Å².